The highest BCUT2D eigenvalue weighted by Gasteiger charge is 2.10. The molecule has 1 unspecified atom stereocenters. The second-order valence-electron chi connectivity index (χ2n) is 4.70. The molecule has 0 bridgehead atoms. The molecule has 0 saturated heterocycles. The van der Waals surface area contributed by atoms with Gasteiger partial charge in [0, 0.05) is 25.2 Å². The third kappa shape index (κ3) is 3.67. The van der Waals surface area contributed by atoms with Crippen molar-refractivity contribution in [3.05, 3.63) is 17.5 Å². The van der Waals surface area contributed by atoms with Crippen LogP contribution in [0.3, 0.4) is 0 Å². The molecule has 1 aromatic rings. The molecule has 1 aromatic heterocycles. The third-order valence-corrected chi connectivity index (χ3v) is 2.64. The van der Waals surface area contributed by atoms with Gasteiger partial charge in [0.1, 0.15) is 0 Å². The molecule has 1 rings (SSSR count). The highest BCUT2D eigenvalue weighted by Crippen LogP contribution is 2.10. The van der Waals surface area contributed by atoms with Crippen LogP contribution in [0.15, 0.2) is 6.07 Å². The molecule has 2 N–H and O–H groups in total. The van der Waals surface area contributed by atoms with Crippen molar-refractivity contribution in [2.24, 2.45) is 18.7 Å². The second-order valence-corrected chi connectivity index (χ2v) is 4.70. The van der Waals surface area contributed by atoms with Crippen LogP contribution in [0.2, 0.25) is 0 Å². The summed E-state index contributed by atoms with van der Waals surface area (Å²) < 4.78 is 1.96. The monoisotopic (exact) mass is 209 g/mol. The summed E-state index contributed by atoms with van der Waals surface area (Å²) in [4.78, 5) is 0. The van der Waals surface area contributed by atoms with E-state index in [-0.39, 0.29) is 6.04 Å². The van der Waals surface area contributed by atoms with E-state index in [1.165, 1.54) is 5.69 Å². The van der Waals surface area contributed by atoms with Gasteiger partial charge in [0.2, 0.25) is 0 Å². The summed E-state index contributed by atoms with van der Waals surface area (Å²) in [5, 5.41) is 4.42. The lowest BCUT2D eigenvalue weighted by molar-refractivity contribution is 0.483. The average Bonchev–Trinajstić information content (AvgIpc) is 2.46. The summed E-state index contributed by atoms with van der Waals surface area (Å²) in [5.41, 5.74) is 8.49. The molecule has 0 aliphatic carbocycles. The molecule has 15 heavy (non-hydrogen) atoms. The fourth-order valence-electron chi connectivity index (χ4n) is 1.89. The van der Waals surface area contributed by atoms with Gasteiger partial charge in [-0.15, -0.1) is 0 Å². The third-order valence-electron chi connectivity index (χ3n) is 2.64. The van der Waals surface area contributed by atoms with Gasteiger partial charge in [-0.1, -0.05) is 20.8 Å². The maximum Gasteiger partial charge on any atom is 0.0624 e. The number of hydrogen-bond donors (Lipinski definition) is 1. The van der Waals surface area contributed by atoms with Crippen LogP contribution in [0.4, 0.5) is 0 Å². The molecule has 0 aromatic carbocycles. The molecular formula is C12H23N3. The van der Waals surface area contributed by atoms with Crippen LogP contribution in [0, 0.1) is 5.92 Å². The maximum absolute atomic E-state index is 6.09. The summed E-state index contributed by atoms with van der Waals surface area (Å²) in [5.74, 6) is 0.666. The molecule has 1 heterocycles. The quantitative estimate of drug-likeness (QED) is 0.805. The lowest BCUT2D eigenvalue weighted by Crippen LogP contribution is -2.25. The normalized spacial score (nSPS) is 13.5. The number of aryl methyl sites for hydroxylation is 2. The number of rotatable bonds is 5. The standard InChI is InChI=1S/C12H23N3/c1-5-11-8-12(15(4)14-11)7-10(13)6-9(2)3/h8-10H,5-7,13H2,1-4H3. The number of aromatic nitrogens is 2. The second kappa shape index (κ2) is 5.31. The molecule has 3 nitrogen and oxygen atoms in total. The highest BCUT2D eigenvalue weighted by molar-refractivity contribution is 5.11. The van der Waals surface area contributed by atoms with E-state index in [4.69, 9.17) is 5.73 Å². The Kier molecular flexibility index (Phi) is 4.33. The van der Waals surface area contributed by atoms with Gasteiger partial charge in [-0.3, -0.25) is 4.68 Å². The molecule has 0 amide bonds. The van der Waals surface area contributed by atoms with Crippen LogP contribution in [-0.2, 0) is 19.9 Å². The predicted molar refractivity (Wildman–Crippen MR) is 63.7 cm³/mol. The minimum Gasteiger partial charge on any atom is -0.327 e. The van der Waals surface area contributed by atoms with Gasteiger partial charge in [0.05, 0.1) is 5.69 Å². The molecule has 0 spiro atoms. The summed E-state index contributed by atoms with van der Waals surface area (Å²) in [6.07, 6.45) is 3.00. The fraction of sp³-hybridized carbons (Fsp3) is 0.750. The van der Waals surface area contributed by atoms with Gasteiger partial charge in [-0.2, -0.15) is 5.10 Å². The Morgan fingerprint density at radius 3 is 2.60 bits per heavy atom. The molecule has 0 aliphatic heterocycles. The van der Waals surface area contributed by atoms with E-state index in [9.17, 15) is 0 Å². The van der Waals surface area contributed by atoms with Gasteiger partial charge >= 0.3 is 0 Å². The minimum absolute atomic E-state index is 0.255. The van der Waals surface area contributed by atoms with E-state index < -0.39 is 0 Å². The molecule has 1 atom stereocenters. The first kappa shape index (κ1) is 12.2. The Bertz CT molecular complexity index is 302. The van der Waals surface area contributed by atoms with Crippen LogP contribution < -0.4 is 5.73 Å². The van der Waals surface area contributed by atoms with Crippen molar-refractivity contribution >= 4 is 0 Å². The summed E-state index contributed by atoms with van der Waals surface area (Å²) in [6, 6.07) is 2.42. The zero-order valence-corrected chi connectivity index (χ0v) is 10.3. The smallest absolute Gasteiger partial charge is 0.0624 e. The molecule has 86 valence electrons. The van der Waals surface area contributed by atoms with Crippen molar-refractivity contribution in [3.63, 3.8) is 0 Å². The first-order chi connectivity index (χ1) is 7.02. The van der Waals surface area contributed by atoms with Crippen LogP contribution in [0.1, 0.15) is 38.6 Å². The van der Waals surface area contributed by atoms with E-state index in [1.807, 2.05) is 11.7 Å². The molecular weight excluding hydrogens is 186 g/mol. The lowest BCUT2D eigenvalue weighted by atomic mass is 10.0. The Labute approximate surface area is 92.7 Å². The summed E-state index contributed by atoms with van der Waals surface area (Å²) >= 11 is 0. The molecule has 0 aliphatic rings. The van der Waals surface area contributed by atoms with Gasteiger partial charge in [0.15, 0.2) is 0 Å². The van der Waals surface area contributed by atoms with E-state index in [2.05, 4.69) is 31.9 Å². The van der Waals surface area contributed by atoms with Crippen molar-refractivity contribution in [2.45, 2.75) is 46.1 Å². The van der Waals surface area contributed by atoms with Gasteiger partial charge < -0.3 is 5.73 Å². The van der Waals surface area contributed by atoms with Crippen molar-refractivity contribution in [1.82, 2.24) is 9.78 Å². The van der Waals surface area contributed by atoms with Crippen LogP contribution >= 0.6 is 0 Å². The van der Waals surface area contributed by atoms with Crippen LogP contribution in [0.5, 0.6) is 0 Å². The van der Waals surface area contributed by atoms with Gasteiger partial charge in [0.25, 0.3) is 0 Å². The van der Waals surface area contributed by atoms with Crippen molar-refractivity contribution in [1.29, 1.82) is 0 Å². The first-order valence-corrected chi connectivity index (χ1v) is 5.80. The van der Waals surface area contributed by atoms with Crippen molar-refractivity contribution in [2.75, 3.05) is 0 Å². The number of nitrogens with two attached hydrogens (primary N) is 1. The Morgan fingerprint density at radius 1 is 1.47 bits per heavy atom. The topological polar surface area (TPSA) is 43.8 Å². The maximum atomic E-state index is 6.09. The Hall–Kier alpha value is -0.830. The SMILES string of the molecule is CCc1cc(CC(N)CC(C)C)n(C)n1. The zero-order valence-electron chi connectivity index (χ0n) is 10.3. The number of nitrogens with zero attached hydrogens (tertiary/aromatic N) is 2. The molecule has 0 fully saturated rings. The summed E-state index contributed by atoms with van der Waals surface area (Å²) in [7, 11) is 2.00. The van der Waals surface area contributed by atoms with E-state index >= 15 is 0 Å². The lowest BCUT2D eigenvalue weighted by Gasteiger charge is -2.13. The Balaban J connectivity index is 2.59. The first-order valence-electron chi connectivity index (χ1n) is 5.80. The highest BCUT2D eigenvalue weighted by atomic mass is 15.3. The van der Waals surface area contributed by atoms with E-state index in [1.54, 1.807) is 0 Å². The van der Waals surface area contributed by atoms with Gasteiger partial charge in [-0.25, -0.2) is 0 Å². The van der Waals surface area contributed by atoms with Crippen molar-refractivity contribution in [3.8, 4) is 0 Å². The van der Waals surface area contributed by atoms with E-state index in [0.717, 1.165) is 25.0 Å². The van der Waals surface area contributed by atoms with Crippen molar-refractivity contribution < 1.29 is 0 Å². The minimum atomic E-state index is 0.255. The fourth-order valence-corrected chi connectivity index (χ4v) is 1.89. The Morgan fingerprint density at radius 2 is 2.13 bits per heavy atom. The summed E-state index contributed by atoms with van der Waals surface area (Å²) in [6.45, 7) is 6.54. The largest absolute Gasteiger partial charge is 0.327 e. The van der Waals surface area contributed by atoms with E-state index in [0.29, 0.717) is 5.92 Å². The van der Waals surface area contributed by atoms with Crippen LogP contribution in [-0.4, -0.2) is 15.8 Å². The molecule has 0 saturated carbocycles. The predicted octanol–water partition coefficient (Wildman–Crippen LogP) is 1.90. The number of hydrogen-bond acceptors (Lipinski definition) is 2. The van der Waals surface area contributed by atoms with Crippen LogP contribution in [0.25, 0.3) is 0 Å². The zero-order chi connectivity index (χ0) is 11.4. The molecule has 3 heteroatoms. The molecule has 0 radical (unpaired) electrons. The average molecular weight is 209 g/mol. The van der Waals surface area contributed by atoms with Gasteiger partial charge in [-0.05, 0) is 24.8 Å².